The highest BCUT2D eigenvalue weighted by molar-refractivity contribution is 8.49. The van der Waals surface area contributed by atoms with Crippen LogP contribution in [0.5, 0.6) is 0 Å². The Balaban J connectivity index is 2.71. The second kappa shape index (κ2) is 4.20. The standard InChI is InChI=1S/C14H33NS/c1-14(2,3)16(4,5,6)11-12-8-7-9-13(15)10-12/h12-13,16H,7-11,15H2,1-6H3. The molecule has 2 N–H and O–H groups in total. The normalized spacial score (nSPS) is 30.8. The van der Waals surface area contributed by atoms with Crippen LogP contribution in [-0.2, 0) is 0 Å². The van der Waals surface area contributed by atoms with E-state index in [0.29, 0.717) is 10.8 Å². The van der Waals surface area contributed by atoms with Gasteiger partial charge in [0.2, 0.25) is 0 Å². The SMILES string of the molecule is CC(C)(C)[SH](C)(C)(C)CC1CCCC(N)C1. The number of rotatable bonds is 2. The topological polar surface area (TPSA) is 26.0 Å². The van der Waals surface area contributed by atoms with Crippen molar-refractivity contribution in [1.82, 2.24) is 0 Å². The molecule has 1 aliphatic carbocycles. The maximum Gasteiger partial charge on any atom is 0.00417 e. The lowest BCUT2D eigenvalue weighted by molar-refractivity contribution is 0.346. The second-order valence-electron chi connectivity index (χ2n) is 8.27. The van der Waals surface area contributed by atoms with E-state index in [4.69, 9.17) is 5.73 Å². The van der Waals surface area contributed by atoms with Gasteiger partial charge in [0.1, 0.15) is 0 Å². The fraction of sp³-hybridized carbons (Fsp3) is 1.00. The lowest BCUT2D eigenvalue weighted by Crippen LogP contribution is -2.41. The lowest BCUT2D eigenvalue weighted by Gasteiger charge is -2.64. The van der Waals surface area contributed by atoms with E-state index < -0.39 is 9.16 Å². The molecule has 0 spiro atoms. The van der Waals surface area contributed by atoms with Crippen molar-refractivity contribution >= 4 is 9.16 Å². The molecule has 16 heavy (non-hydrogen) atoms. The molecule has 0 aliphatic heterocycles. The smallest absolute Gasteiger partial charge is 0.00417 e. The van der Waals surface area contributed by atoms with Crippen molar-refractivity contribution < 1.29 is 0 Å². The van der Waals surface area contributed by atoms with E-state index in [1.54, 1.807) is 0 Å². The summed E-state index contributed by atoms with van der Waals surface area (Å²) in [6.07, 6.45) is 13.0. The molecule has 2 atom stereocenters. The largest absolute Gasteiger partial charge is 0.328 e. The molecule has 0 bridgehead atoms. The van der Waals surface area contributed by atoms with Gasteiger partial charge in [-0.15, -0.1) is 0 Å². The fourth-order valence-corrected chi connectivity index (χ4v) is 5.36. The van der Waals surface area contributed by atoms with Gasteiger partial charge in [0.05, 0.1) is 0 Å². The number of nitrogens with two attached hydrogens (primary N) is 1. The zero-order valence-electron chi connectivity index (χ0n) is 12.2. The highest BCUT2D eigenvalue weighted by atomic mass is 32.3. The van der Waals surface area contributed by atoms with Crippen LogP contribution < -0.4 is 5.73 Å². The van der Waals surface area contributed by atoms with Gasteiger partial charge in [-0.1, -0.05) is 27.2 Å². The van der Waals surface area contributed by atoms with E-state index in [0.717, 1.165) is 5.92 Å². The minimum absolute atomic E-state index is 0.465. The summed E-state index contributed by atoms with van der Waals surface area (Å²) in [4.78, 5) is 0. The van der Waals surface area contributed by atoms with Gasteiger partial charge >= 0.3 is 0 Å². The van der Waals surface area contributed by atoms with Crippen LogP contribution >= 0.6 is 9.16 Å². The van der Waals surface area contributed by atoms with Crippen LogP contribution in [0.3, 0.4) is 0 Å². The van der Waals surface area contributed by atoms with E-state index >= 15 is 0 Å². The minimum atomic E-state index is -1.55. The molecule has 0 heterocycles. The molecule has 1 aliphatic rings. The summed E-state index contributed by atoms with van der Waals surface area (Å²) in [5.74, 6) is 2.32. The Kier molecular flexibility index (Phi) is 3.78. The van der Waals surface area contributed by atoms with E-state index in [9.17, 15) is 0 Å². The molecule has 1 rings (SSSR count). The quantitative estimate of drug-likeness (QED) is 0.720. The van der Waals surface area contributed by atoms with Crippen LogP contribution in [0.4, 0.5) is 0 Å². The van der Waals surface area contributed by atoms with Crippen LogP contribution in [0.2, 0.25) is 0 Å². The molecule has 1 fully saturated rings. The van der Waals surface area contributed by atoms with Gasteiger partial charge in [0.15, 0.2) is 0 Å². The first-order chi connectivity index (χ1) is 7.00. The van der Waals surface area contributed by atoms with Crippen molar-refractivity contribution in [3.05, 3.63) is 0 Å². The molecule has 0 radical (unpaired) electrons. The molecule has 0 aromatic carbocycles. The van der Waals surface area contributed by atoms with Crippen molar-refractivity contribution in [2.24, 2.45) is 11.7 Å². The van der Waals surface area contributed by atoms with E-state index in [1.165, 1.54) is 31.4 Å². The third-order valence-electron chi connectivity index (χ3n) is 5.21. The molecular weight excluding hydrogens is 214 g/mol. The van der Waals surface area contributed by atoms with Gasteiger partial charge in [-0.2, -0.15) is 0 Å². The molecule has 100 valence electrons. The summed E-state index contributed by atoms with van der Waals surface area (Å²) in [6.45, 7) is 7.27. The molecule has 0 aromatic heterocycles. The van der Waals surface area contributed by atoms with Crippen LogP contribution in [0.1, 0.15) is 46.5 Å². The highest BCUT2D eigenvalue weighted by Gasteiger charge is 2.40. The molecule has 0 saturated heterocycles. The van der Waals surface area contributed by atoms with Gasteiger partial charge in [-0.05, 0) is 54.4 Å². The Morgan fingerprint density at radius 2 is 1.69 bits per heavy atom. The first-order valence-electron chi connectivity index (χ1n) is 6.76. The Morgan fingerprint density at radius 1 is 1.12 bits per heavy atom. The second-order valence-corrected chi connectivity index (χ2v) is 16.2. The van der Waals surface area contributed by atoms with Crippen molar-refractivity contribution in [2.75, 3.05) is 24.5 Å². The first-order valence-corrected chi connectivity index (χ1v) is 10.5. The predicted octanol–water partition coefficient (Wildman–Crippen LogP) is 3.26. The first kappa shape index (κ1) is 14.4. The lowest BCUT2D eigenvalue weighted by atomic mass is 9.87. The molecule has 2 heteroatoms. The van der Waals surface area contributed by atoms with Crippen molar-refractivity contribution in [1.29, 1.82) is 0 Å². The predicted molar refractivity (Wildman–Crippen MR) is 81.3 cm³/mol. The molecule has 2 unspecified atom stereocenters. The summed E-state index contributed by atoms with van der Waals surface area (Å²) >= 11 is 0. The van der Waals surface area contributed by atoms with Crippen LogP contribution in [0.15, 0.2) is 0 Å². The third kappa shape index (κ3) is 3.16. The Labute approximate surface area is 103 Å². The fourth-order valence-electron chi connectivity index (χ4n) is 2.68. The van der Waals surface area contributed by atoms with Crippen molar-refractivity contribution in [3.8, 4) is 0 Å². The van der Waals surface area contributed by atoms with Crippen LogP contribution in [-0.4, -0.2) is 35.3 Å². The van der Waals surface area contributed by atoms with Crippen molar-refractivity contribution in [2.45, 2.75) is 57.2 Å². The molecule has 0 aromatic rings. The van der Waals surface area contributed by atoms with Crippen LogP contribution in [0.25, 0.3) is 0 Å². The highest BCUT2D eigenvalue weighted by Crippen LogP contribution is 2.70. The number of hydrogen-bond acceptors (Lipinski definition) is 1. The van der Waals surface area contributed by atoms with Gasteiger partial charge in [0.25, 0.3) is 0 Å². The third-order valence-corrected chi connectivity index (χ3v) is 12.0. The maximum absolute atomic E-state index is 6.11. The minimum Gasteiger partial charge on any atom is -0.328 e. The summed E-state index contributed by atoms with van der Waals surface area (Å²) < 4.78 is 0.465. The number of hydrogen-bond donors (Lipinski definition) is 2. The van der Waals surface area contributed by atoms with Gasteiger partial charge in [-0.25, -0.2) is 0 Å². The van der Waals surface area contributed by atoms with E-state index in [-0.39, 0.29) is 0 Å². The monoisotopic (exact) mass is 247 g/mol. The summed E-state index contributed by atoms with van der Waals surface area (Å²) in [6, 6.07) is 0.477. The summed E-state index contributed by atoms with van der Waals surface area (Å²) in [5.41, 5.74) is 6.11. The molecule has 1 nitrogen and oxygen atoms in total. The maximum atomic E-state index is 6.11. The zero-order valence-corrected chi connectivity index (χ0v) is 13.1. The summed E-state index contributed by atoms with van der Waals surface area (Å²) in [5, 5.41) is 0. The van der Waals surface area contributed by atoms with Crippen molar-refractivity contribution in [3.63, 3.8) is 0 Å². The molecule has 1 saturated carbocycles. The van der Waals surface area contributed by atoms with Gasteiger partial charge in [-0.3, -0.25) is 9.16 Å². The zero-order chi connectivity index (χ0) is 12.6. The average molecular weight is 247 g/mol. The Morgan fingerprint density at radius 3 is 2.12 bits per heavy atom. The number of thiol groups is 1. The van der Waals surface area contributed by atoms with E-state index in [1.807, 2.05) is 0 Å². The van der Waals surface area contributed by atoms with E-state index in [2.05, 4.69) is 39.5 Å². The average Bonchev–Trinajstić information content (AvgIpc) is 1.98. The molecular formula is C14H33NS. The summed E-state index contributed by atoms with van der Waals surface area (Å²) in [7, 11) is -1.55. The van der Waals surface area contributed by atoms with Gasteiger partial charge in [0, 0.05) is 6.04 Å². The van der Waals surface area contributed by atoms with Gasteiger partial charge < -0.3 is 5.73 Å². The molecule has 0 amide bonds. The Hall–Kier alpha value is 0.310. The Bertz CT molecular complexity index is 244. The van der Waals surface area contributed by atoms with Crippen LogP contribution in [0, 0.1) is 5.92 Å².